The fourth-order valence-electron chi connectivity index (χ4n) is 5.99. The van der Waals surface area contributed by atoms with Gasteiger partial charge in [-0.25, -0.2) is 4.39 Å². The zero-order valence-electron chi connectivity index (χ0n) is 22.6. The first-order valence-corrected chi connectivity index (χ1v) is 12.8. The summed E-state index contributed by atoms with van der Waals surface area (Å²) in [5.74, 6) is -5.43. The molecule has 13 heteroatoms. The van der Waals surface area contributed by atoms with Gasteiger partial charge in [-0.2, -0.15) is 18.4 Å². The van der Waals surface area contributed by atoms with Gasteiger partial charge in [-0.3, -0.25) is 19.2 Å². The van der Waals surface area contributed by atoms with E-state index in [4.69, 9.17) is 0 Å². The van der Waals surface area contributed by atoms with Crippen molar-refractivity contribution in [2.45, 2.75) is 71.0 Å². The number of alkyl halides is 4. The third kappa shape index (κ3) is 4.88. The molecule has 4 rings (SSSR count). The standard InChI is InChI=1S/C27H31F4N5O4/c1-24(2,3)19(35-23(40)27(29,30)31)21(38)36-12-15-17(25(15,4)5)18(36)20(37)33-13(11-32)10-26(28)14-8-6-7-9-16(14)34-22(26)39/h6-9,13,15,17-19H,10,12H2,1-5H3,(H,33,37)(H,34,39)(H,35,40)/t13?,15-,17-,18-,19+,26?/m0/s1. The van der Waals surface area contributed by atoms with Crippen molar-refractivity contribution in [3.63, 3.8) is 0 Å². The van der Waals surface area contributed by atoms with Crippen LogP contribution in [0, 0.1) is 34.0 Å². The molecule has 1 aliphatic carbocycles. The molecule has 0 bridgehead atoms. The van der Waals surface area contributed by atoms with Gasteiger partial charge < -0.3 is 20.9 Å². The van der Waals surface area contributed by atoms with Crippen molar-refractivity contribution in [3.05, 3.63) is 29.8 Å². The number of carbonyl (C=O) groups excluding carboxylic acids is 4. The lowest BCUT2D eigenvalue weighted by Crippen LogP contribution is -2.61. The Bertz CT molecular complexity index is 1300. The van der Waals surface area contributed by atoms with E-state index in [0.717, 1.165) is 4.90 Å². The number of fused-ring (bicyclic) bond motifs is 2. The number of rotatable bonds is 6. The number of carbonyl (C=O) groups is 4. The summed E-state index contributed by atoms with van der Waals surface area (Å²) in [5.41, 5.74) is -3.82. The number of benzene rings is 1. The molecule has 1 saturated heterocycles. The summed E-state index contributed by atoms with van der Waals surface area (Å²) in [5, 5.41) is 16.4. The Balaban J connectivity index is 1.57. The monoisotopic (exact) mass is 565 g/mol. The number of nitrogens with zero attached hydrogens (tertiary/aromatic N) is 2. The lowest BCUT2D eigenvalue weighted by Gasteiger charge is -2.38. The average molecular weight is 566 g/mol. The van der Waals surface area contributed by atoms with Gasteiger partial charge in [0.05, 0.1) is 6.07 Å². The summed E-state index contributed by atoms with van der Waals surface area (Å²) in [6, 6.07) is 3.63. The Labute approximate surface area is 228 Å². The lowest BCUT2D eigenvalue weighted by molar-refractivity contribution is -0.176. The third-order valence-electron chi connectivity index (χ3n) is 8.33. The number of nitrogens with one attached hydrogen (secondary N) is 3. The van der Waals surface area contributed by atoms with Crippen molar-refractivity contribution < 1.29 is 36.7 Å². The van der Waals surface area contributed by atoms with Gasteiger partial charge in [0.25, 0.3) is 5.91 Å². The van der Waals surface area contributed by atoms with Crippen LogP contribution in [0.4, 0.5) is 23.2 Å². The zero-order valence-corrected chi connectivity index (χ0v) is 22.6. The van der Waals surface area contributed by atoms with Crippen molar-refractivity contribution in [2.24, 2.45) is 22.7 Å². The molecule has 1 aromatic carbocycles. The predicted molar refractivity (Wildman–Crippen MR) is 134 cm³/mol. The van der Waals surface area contributed by atoms with Crippen LogP contribution in [0.15, 0.2) is 24.3 Å². The maximum Gasteiger partial charge on any atom is 0.471 e. The first-order valence-electron chi connectivity index (χ1n) is 12.8. The van der Waals surface area contributed by atoms with Gasteiger partial charge >= 0.3 is 12.1 Å². The second-order valence-corrected chi connectivity index (χ2v) is 12.4. The van der Waals surface area contributed by atoms with E-state index >= 15 is 4.39 Å². The van der Waals surface area contributed by atoms with Crippen molar-refractivity contribution in [2.75, 3.05) is 11.9 Å². The summed E-state index contributed by atoms with van der Waals surface area (Å²) in [6.45, 7) is 8.28. The first-order chi connectivity index (χ1) is 18.3. The molecule has 3 N–H and O–H groups in total. The highest BCUT2D eigenvalue weighted by Gasteiger charge is 2.70. The van der Waals surface area contributed by atoms with Crippen molar-refractivity contribution >= 4 is 29.3 Å². The van der Waals surface area contributed by atoms with Gasteiger partial charge in [0.15, 0.2) is 0 Å². The Hall–Kier alpha value is -3.69. The summed E-state index contributed by atoms with van der Waals surface area (Å²) < 4.78 is 55.0. The Morgan fingerprint density at radius 2 is 1.80 bits per heavy atom. The number of nitriles is 1. The molecule has 2 fully saturated rings. The minimum atomic E-state index is -5.22. The Kier molecular flexibility index (Phi) is 6.92. The molecule has 0 aromatic heterocycles. The molecule has 2 unspecified atom stereocenters. The normalized spacial score (nSPS) is 27.9. The zero-order chi connectivity index (χ0) is 30.0. The molecule has 6 atom stereocenters. The van der Waals surface area contributed by atoms with E-state index in [-0.39, 0.29) is 35.0 Å². The van der Waals surface area contributed by atoms with Gasteiger partial charge in [-0.15, -0.1) is 0 Å². The number of hydrogen-bond acceptors (Lipinski definition) is 5. The van der Waals surface area contributed by atoms with Crippen molar-refractivity contribution in [1.82, 2.24) is 15.5 Å². The number of hydrogen-bond donors (Lipinski definition) is 3. The number of anilines is 1. The Morgan fingerprint density at radius 3 is 2.38 bits per heavy atom. The molecule has 0 radical (unpaired) electrons. The predicted octanol–water partition coefficient (Wildman–Crippen LogP) is 2.78. The van der Waals surface area contributed by atoms with Gasteiger partial charge in [0.2, 0.25) is 17.5 Å². The third-order valence-corrected chi connectivity index (χ3v) is 8.33. The quantitative estimate of drug-likeness (QED) is 0.457. The molecule has 0 spiro atoms. The second-order valence-electron chi connectivity index (χ2n) is 12.4. The maximum atomic E-state index is 15.9. The number of para-hydroxylation sites is 1. The maximum absolute atomic E-state index is 15.9. The molecule has 9 nitrogen and oxygen atoms in total. The average Bonchev–Trinajstić information content (AvgIpc) is 3.12. The molecule has 40 heavy (non-hydrogen) atoms. The van der Waals surface area contributed by atoms with E-state index in [2.05, 4.69) is 10.6 Å². The van der Waals surface area contributed by atoms with E-state index in [1.165, 1.54) is 39.0 Å². The molecule has 3 aliphatic rings. The van der Waals surface area contributed by atoms with Gasteiger partial charge in [0.1, 0.15) is 18.1 Å². The molecule has 2 heterocycles. The van der Waals surface area contributed by atoms with Crippen LogP contribution in [-0.2, 0) is 24.8 Å². The fraction of sp³-hybridized carbons (Fsp3) is 0.593. The van der Waals surface area contributed by atoms with Gasteiger partial charge in [-0.1, -0.05) is 52.8 Å². The van der Waals surface area contributed by atoms with E-state index in [9.17, 15) is 37.6 Å². The van der Waals surface area contributed by atoms with Crippen LogP contribution >= 0.6 is 0 Å². The Morgan fingerprint density at radius 1 is 1.18 bits per heavy atom. The summed E-state index contributed by atoms with van der Waals surface area (Å²) in [6.07, 6.45) is -5.91. The van der Waals surface area contributed by atoms with E-state index < -0.39 is 65.4 Å². The smallest absolute Gasteiger partial charge is 0.338 e. The van der Waals surface area contributed by atoms with Crippen LogP contribution in [0.25, 0.3) is 0 Å². The summed E-state index contributed by atoms with van der Waals surface area (Å²) >= 11 is 0. The summed E-state index contributed by atoms with van der Waals surface area (Å²) in [7, 11) is 0. The number of amides is 4. The number of likely N-dealkylation sites (tertiary alicyclic amines) is 1. The lowest BCUT2D eigenvalue weighted by atomic mass is 9.85. The molecule has 1 saturated carbocycles. The highest BCUT2D eigenvalue weighted by atomic mass is 19.4. The number of halogens is 4. The van der Waals surface area contributed by atoms with E-state index in [1.54, 1.807) is 17.5 Å². The highest BCUT2D eigenvalue weighted by molar-refractivity contribution is 6.05. The molecule has 4 amide bonds. The number of piperidine rings is 1. The molecule has 216 valence electrons. The van der Waals surface area contributed by atoms with Crippen LogP contribution in [-0.4, -0.2) is 59.4 Å². The highest BCUT2D eigenvalue weighted by Crippen LogP contribution is 2.65. The fourth-order valence-corrected chi connectivity index (χ4v) is 5.99. The summed E-state index contributed by atoms with van der Waals surface area (Å²) in [4.78, 5) is 52.5. The largest absolute Gasteiger partial charge is 0.471 e. The van der Waals surface area contributed by atoms with E-state index in [1.807, 2.05) is 13.8 Å². The first kappa shape index (κ1) is 29.3. The van der Waals surface area contributed by atoms with Crippen molar-refractivity contribution in [1.29, 1.82) is 5.26 Å². The van der Waals surface area contributed by atoms with Gasteiger partial charge in [-0.05, 0) is 28.7 Å². The van der Waals surface area contributed by atoms with E-state index in [0.29, 0.717) is 0 Å². The van der Waals surface area contributed by atoms with Crippen LogP contribution in [0.1, 0.15) is 46.6 Å². The van der Waals surface area contributed by atoms with Crippen LogP contribution in [0.3, 0.4) is 0 Å². The minimum absolute atomic E-state index is 0.0315. The SMILES string of the molecule is CC(C)(C)[C@H](NC(=O)C(F)(F)F)C(=O)N1C[C@H]2[C@@H]([C@H]1C(=O)NC(C#N)CC1(F)C(=O)Nc3ccccc31)C2(C)C. The topological polar surface area (TPSA) is 131 Å². The van der Waals surface area contributed by atoms with Crippen LogP contribution < -0.4 is 16.0 Å². The molecular formula is C27H31F4N5O4. The molecular weight excluding hydrogens is 534 g/mol. The second kappa shape index (κ2) is 9.45. The molecule has 2 aliphatic heterocycles. The minimum Gasteiger partial charge on any atom is -0.338 e. The molecule has 1 aromatic rings. The van der Waals surface area contributed by atoms with Crippen molar-refractivity contribution in [3.8, 4) is 6.07 Å². The van der Waals surface area contributed by atoms with Gasteiger partial charge in [0, 0.05) is 24.2 Å². The van der Waals surface area contributed by atoms with Crippen LogP contribution in [0.5, 0.6) is 0 Å². The van der Waals surface area contributed by atoms with Crippen LogP contribution in [0.2, 0.25) is 0 Å².